The Hall–Kier alpha value is -5.73. The van der Waals surface area contributed by atoms with Crippen molar-refractivity contribution in [3.05, 3.63) is 129 Å². The van der Waals surface area contributed by atoms with Crippen LogP contribution >= 0.6 is 0 Å². The Bertz CT molecular complexity index is 1750. The van der Waals surface area contributed by atoms with E-state index in [1.54, 1.807) is 98.8 Å². The van der Waals surface area contributed by atoms with Gasteiger partial charge in [-0.3, -0.25) is 14.4 Å². The first-order valence-corrected chi connectivity index (χ1v) is 11.9. The Balaban J connectivity index is 1.71. The predicted molar refractivity (Wildman–Crippen MR) is 147 cm³/mol. The molecule has 1 aliphatic heterocycles. The third-order valence-corrected chi connectivity index (χ3v) is 6.28. The first kappa shape index (κ1) is 26.3. The fraction of sp³-hybridized carbons (Fsp3) is 0.0645. The van der Waals surface area contributed by atoms with Gasteiger partial charge in [-0.05, 0) is 61.4 Å². The first-order chi connectivity index (χ1) is 18.8. The molecule has 1 aromatic heterocycles. The number of rotatable bonds is 5. The number of para-hydroxylation sites is 2. The molecule has 0 bridgehead atoms. The average molecular weight is 515 g/mol. The number of nitrogens with zero attached hydrogens (tertiary/aromatic N) is 4. The van der Waals surface area contributed by atoms with Gasteiger partial charge in [0.05, 0.1) is 11.4 Å². The summed E-state index contributed by atoms with van der Waals surface area (Å²) in [6.07, 6.45) is 7.78. The third-order valence-electron chi connectivity index (χ3n) is 6.28. The lowest BCUT2D eigenvalue weighted by Gasteiger charge is -2.27. The average Bonchev–Trinajstić information content (AvgIpc) is 2.93. The van der Waals surface area contributed by atoms with Crippen LogP contribution in [-0.2, 0) is 9.59 Å². The summed E-state index contributed by atoms with van der Waals surface area (Å²) in [5, 5.41) is 30.1. The highest BCUT2D eigenvalue weighted by Crippen LogP contribution is 2.29. The highest BCUT2D eigenvalue weighted by molar-refractivity contribution is 6.31. The number of pyridine rings is 1. The predicted octanol–water partition coefficient (Wildman–Crippen LogP) is 4.63. The van der Waals surface area contributed by atoms with Crippen LogP contribution in [0.1, 0.15) is 23.6 Å². The van der Waals surface area contributed by atoms with Crippen molar-refractivity contribution in [2.24, 2.45) is 0 Å². The van der Waals surface area contributed by atoms with Crippen molar-refractivity contribution >= 4 is 23.6 Å². The van der Waals surface area contributed by atoms with Crippen LogP contribution in [0, 0.1) is 29.6 Å². The molecule has 3 aromatic rings. The second-order valence-corrected chi connectivity index (χ2v) is 8.54. The summed E-state index contributed by atoms with van der Waals surface area (Å²) in [6.45, 7) is 3.12. The van der Waals surface area contributed by atoms with Crippen molar-refractivity contribution < 1.29 is 14.7 Å². The van der Waals surface area contributed by atoms with Gasteiger partial charge in [0.1, 0.15) is 23.3 Å². The van der Waals surface area contributed by atoms with Crippen molar-refractivity contribution in [1.82, 2.24) is 4.57 Å². The Morgan fingerprint density at radius 1 is 0.795 bits per heavy atom. The molecule has 8 heteroatoms. The molecule has 0 saturated heterocycles. The molecular weight excluding hydrogens is 492 g/mol. The maximum Gasteiger partial charge on any atom is 0.276 e. The Morgan fingerprint density at radius 3 is 2.00 bits per heavy atom. The van der Waals surface area contributed by atoms with Crippen LogP contribution in [0.25, 0.3) is 11.8 Å². The lowest BCUT2D eigenvalue weighted by Crippen LogP contribution is -2.42. The molecule has 0 fully saturated rings. The van der Waals surface area contributed by atoms with Gasteiger partial charge in [0.15, 0.2) is 0 Å². The van der Waals surface area contributed by atoms with E-state index in [1.165, 1.54) is 6.08 Å². The largest absolute Gasteiger partial charge is 0.494 e. The third kappa shape index (κ3) is 4.83. The maximum atomic E-state index is 13.2. The van der Waals surface area contributed by atoms with Crippen LogP contribution < -0.4 is 10.5 Å². The molecule has 8 nitrogen and oxygen atoms in total. The zero-order valence-electron chi connectivity index (χ0n) is 21.1. The zero-order valence-corrected chi connectivity index (χ0v) is 21.1. The SMILES string of the molecule is CC1=C(C#N)C(=O)N(c2ccccc2)C(=O)\C1=C/C=C/C=C/c1c(C)c(C#N)c(=O)n(-c2ccccc2)c1O. The number of carbonyl (C=O) groups excluding carboxylic acids is 2. The Labute approximate surface area is 224 Å². The van der Waals surface area contributed by atoms with Gasteiger partial charge in [-0.2, -0.15) is 10.5 Å². The first-order valence-electron chi connectivity index (χ1n) is 11.9. The second kappa shape index (κ2) is 11.1. The minimum absolute atomic E-state index is 0.0920. The summed E-state index contributed by atoms with van der Waals surface area (Å²) in [4.78, 5) is 39.9. The Kier molecular flexibility index (Phi) is 7.51. The summed E-state index contributed by atoms with van der Waals surface area (Å²) in [7, 11) is 0. The maximum absolute atomic E-state index is 13.2. The minimum atomic E-state index is -0.681. The lowest BCUT2D eigenvalue weighted by atomic mass is 9.94. The van der Waals surface area contributed by atoms with Crippen LogP contribution in [0.15, 0.2) is 106 Å². The fourth-order valence-corrected chi connectivity index (χ4v) is 4.23. The minimum Gasteiger partial charge on any atom is -0.494 e. The summed E-state index contributed by atoms with van der Waals surface area (Å²) in [5.41, 5.74) is 0.994. The number of amides is 2. The Morgan fingerprint density at radius 2 is 1.41 bits per heavy atom. The molecule has 0 radical (unpaired) electrons. The van der Waals surface area contributed by atoms with Crippen molar-refractivity contribution in [3.63, 3.8) is 0 Å². The van der Waals surface area contributed by atoms with Gasteiger partial charge in [-0.1, -0.05) is 54.6 Å². The summed E-state index contributed by atoms with van der Waals surface area (Å²) in [6, 6.07) is 20.7. The van der Waals surface area contributed by atoms with Gasteiger partial charge in [-0.15, -0.1) is 0 Å². The molecular formula is C31H22N4O4. The number of hydrogen-bond acceptors (Lipinski definition) is 6. The number of hydrogen-bond donors (Lipinski definition) is 1. The van der Waals surface area contributed by atoms with Gasteiger partial charge in [0.2, 0.25) is 5.88 Å². The van der Waals surface area contributed by atoms with E-state index in [-0.39, 0.29) is 33.7 Å². The molecule has 1 aliphatic rings. The highest BCUT2D eigenvalue weighted by atomic mass is 16.3. The standard InChI is InChI=1S/C31H22N4O4/c1-20-24(28(36)34(30(38)26(20)18-32)22-12-6-3-7-13-22)16-10-5-11-17-25-21(2)27(19-33)31(39)35(29(25)37)23-14-8-4-9-15-23/h3-17,36H,1-2H3/b11-5+,16-10+,25-17-. The van der Waals surface area contributed by atoms with Gasteiger partial charge in [-0.25, -0.2) is 9.47 Å². The number of aromatic nitrogens is 1. The second-order valence-electron chi connectivity index (χ2n) is 8.54. The summed E-state index contributed by atoms with van der Waals surface area (Å²) in [5.74, 6) is -1.55. The molecule has 4 rings (SSSR count). The number of allylic oxidation sites excluding steroid dienone is 4. The van der Waals surface area contributed by atoms with Gasteiger partial charge < -0.3 is 5.11 Å². The van der Waals surface area contributed by atoms with E-state index in [9.17, 15) is 30.0 Å². The molecule has 2 heterocycles. The number of imide groups is 1. The van der Waals surface area contributed by atoms with Gasteiger partial charge in [0.25, 0.3) is 17.4 Å². The van der Waals surface area contributed by atoms with E-state index >= 15 is 0 Å². The molecule has 0 aliphatic carbocycles. The molecule has 0 saturated carbocycles. The summed E-state index contributed by atoms with van der Waals surface area (Å²) >= 11 is 0. The van der Waals surface area contributed by atoms with E-state index in [0.29, 0.717) is 16.9 Å². The van der Waals surface area contributed by atoms with Crippen molar-refractivity contribution in [1.29, 1.82) is 10.5 Å². The van der Waals surface area contributed by atoms with E-state index in [1.807, 2.05) is 12.1 Å². The van der Waals surface area contributed by atoms with Crippen LogP contribution in [0.5, 0.6) is 5.88 Å². The zero-order chi connectivity index (χ0) is 28.1. The van der Waals surface area contributed by atoms with Crippen molar-refractivity contribution in [2.75, 3.05) is 4.90 Å². The molecule has 2 aromatic carbocycles. The molecule has 0 spiro atoms. The van der Waals surface area contributed by atoms with E-state index in [4.69, 9.17) is 0 Å². The molecule has 2 amide bonds. The quantitative estimate of drug-likeness (QED) is 0.300. The van der Waals surface area contributed by atoms with Gasteiger partial charge >= 0.3 is 0 Å². The lowest BCUT2D eigenvalue weighted by molar-refractivity contribution is -0.122. The van der Waals surface area contributed by atoms with E-state index < -0.39 is 17.4 Å². The van der Waals surface area contributed by atoms with Crippen LogP contribution in [-0.4, -0.2) is 21.5 Å². The van der Waals surface area contributed by atoms with Crippen LogP contribution in [0.2, 0.25) is 0 Å². The number of carbonyl (C=O) groups is 2. The fourth-order valence-electron chi connectivity index (χ4n) is 4.23. The van der Waals surface area contributed by atoms with Crippen molar-refractivity contribution in [2.45, 2.75) is 13.8 Å². The highest BCUT2D eigenvalue weighted by Gasteiger charge is 2.36. The molecule has 1 N–H and O–H groups in total. The number of benzene rings is 2. The molecule has 0 unspecified atom stereocenters. The monoisotopic (exact) mass is 514 g/mol. The van der Waals surface area contributed by atoms with Crippen molar-refractivity contribution in [3.8, 4) is 23.7 Å². The normalized spacial score (nSPS) is 14.9. The van der Waals surface area contributed by atoms with Crippen LogP contribution in [0.4, 0.5) is 5.69 Å². The number of anilines is 1. The smallest absolute Gasteiger partial charge is 0.276 e. The topological polar surface area (TPSA) is 127 Å². The number of aromatic hydroxyl groups is 1. The molecule has 0 atom stereocenters. The molecule has 190 valence electrons. The summed E-state index contributed by atoms with van der Waals surface area (Å²) < 4.78 is 1.07. The van der Waals surface area contributed by atoms with Gasteiger partial charge in [0, 0.05) is 11.1 Å². The number of nitriles is 2. The van der Waals surface area contributed by atoms with E-state index in [0.717, 1.165) is 9.47 Å². The van der Waals surface area contributed by atoms with Crippen LogP contribution in [0.3, 0.4) is 0 Å². The molecule has 39 heavy (non-hydrogen) atoms. The van der Waals surface area contributed by atoms with E-state index in [2.05, 4.69) is 0 Å².